The lowest BCUT2D eigenvalue weighted by Gasteiger charge is -2.46. The summed E-state index contributed by atoms with van der Waals surface area (Å²) in [6.07, 6.45) is 8.62. The van der Waals surface area contributed by atoms with Gasteiger partial charge in [-0.1, -0.05) is 12.0 Å². The number of alkyl halides is 3. The first-order chi connectivity index (χ1) is 16.2. The number of nitrogens with one attached hydrogen (secondary N) is 2. The Bertz CT molecular complexity index is 1080. The van der Waals surface area contributed by atoms with E-state index in [-0.39, 0.29) is 24.1 Å². The van der Waals surface area contributed by atoms with Crippen molar-refractivity contribution in [3.63, 3.8) is 0 Å². The molecule has 0 bridgehead atoms. The molecule has 180 valence electrons. The molecule has 2 aromatic rings. The SMILES string of the molecule is C#Cc1cnn([C@H]2CC[C@@H](N3CC(NC(=O)CNC(=O)c4cccc(C(F)(F)F)c4)C3)CC2)c1. The summed E-state index contributed by atoms with van der Waals surface area (Å²) in [5, 5.41) is 9.60. The Morgan fingerprint density at radius 1 is 1.15 bits per heavy atom. The molecule has 0 unspecified atom stereocenters. The number of benzene rings is 1. The van der Waals surface area contributed by atoms with Gasteiger partial charge >= 0.3 is 6.18 Å². The van der Waals surface area contributed by atoms with E-state index in [0.717, 1.165) is 62.5 Å². The van der Waals surface area contributed by atoms with Gasteiger partial charge in [0.2, 0.25) is 5.91 Å². The Morgan fingerprint density at radius 3 is 2.50 bits per heavy atom. The maximum absolute atomic E-state index is 12.8. The normalized spacial score (nSPS) is 21.4. The number of likely N-dealkylation sites (tertiary alicyclic amines) is 1. The number of terminal acetylenes is 1. The molecule has 1 aliphatic carbocycles. The quantitative estimate of drug-likeness (QED) is 0.633. The number of aromatic nitrogens is 2. The number of amides is 2. The molecule has 2 heterocycles. The molecule has 2 fully saturated rings. The lowest BCUT2D eigenvalue weighted by Crippen LogP contribution is -2.63. The molecule has 34 heavy (non-hydrogen) atoms. The zero-order valence-electron chi connectivity index (χ0n) is 18.5. The van der Waals surface area contributed by atoms with Gasteiger partial charge in [-0.05, 0) is 43.9 Å². The maximum Gasteiger partial charge on any atom is 0.416 e. The third-order valence-electron chi connectivity index (χ3n) is 6.46. The minimum Gasteiger partial charge on any atom is -0.349 e. The predicted octanol–water partition coefficient (Wildman–Crippen LogP) is 2.60. The average molecular weight is 473 g/mol. The number of hydrogen-bond donors (Lipinski definition) is 2. The van der Waals surface area contributed by atoms with Crippen LogP contribution in [0.4, 0.5) is 13.2 Å². The highest BCUT2D eigenvalue weighted by Crippen LogP contribution is 2.33. The molecule has 1 aliphatic heterocycles. The Hall–Kier alpha value is -3.32. The molecule has 2 amide bonds. The van der Waals surface area contributed by atoms with Crippen LogP contribution in [0.5, 0.6) is 0 Å². The van der Waals surface area contributed by atoms with E-state index in [4.69, 9.17) is 6.42 Å². The Balaban J connectivity index is 1.16. The average Bonchev–Trinajstić information content (AvgIpc) is 3.28. The van der Waals surface area contributed by atoms with E-state index < -0.39 is 17.6 Å². The maximum atomic E-state index is 12.8. The summed E-state index contributed by atoms with van der Waals surface area (Å²) in [7, 11) is 0. The second kappa shape index (κ2) is 9.89. The zero-order valence-corrected chi connectivity index (χ0v) is 18.5. The van der Waals surface area contributed by atoms with Crippen molar-refractivity contribution in [3.05, 3.63) is 53.3 Å². The van der Waals surface area contributed by atoms with Crippen molar-refractivity contribution < 1.29 is 22.8 Å². The molecule has 2 aliphatic rings. The molecule has 0 atom stereocenters. The predicted molar refractivity (Wildman–Crippen MR) is 119 cm³/mol. The summed E-state index contributed by atoms with van der Waals surface area (Å²) in [6, 6.07) is 4.93. The molecule has 1 aromatic carbocycles. The van der Waals surface area contributed by atoms with Crippen LogP contribution in [0.25, 0.3) is 0 Å². The largest absolute Gasteiger partial charge is 0.416 e. The van der Waals surface area contributed by atoms with Crippen LogP contribution in [-0.2, 0) is 11.0 Å². The van der Waals surface area contributed by atoms with Crippen molar-refractivity contribution in [1.29, 1.82) is 0 Å². The summed E-state index contributed by atoms with van der Waals surface area (Å²) in [5.74, 6) is 1.51. The molecule has 10 heteroatoms. The van der Waals surface area contributed by atoms with Crippen LogP contribution in [0.1, 0.15) is 53.2 Å². The second-order valence-electron chi connectivity index (χ2n) is 8.80. The van der Waals surface area contributed by atoms with Crippen LogP contribution in [0, 0.1) is 12.3 Å². The van der Waals surface area contributed by atoms with Crippen LogP contribution in [0.15, 0.2) is 36.7 Å². The Labute approximate surface area is 195 Å². The minimum atomic E-state index is -4.53. The van der Waals surface area contributed by atoms with E-state index in [9.17, 15) is 22.8 Å². The van der Waals surface area contributed by atoms with Gasteiger partial charge in [0.25, 0.3) is 5.91 Å². The topological polar surface area (TPSA) is 79.3 Å². The van der Waals surface area contributed by atoms with Crippen molar-refractivity contribution in [2.24, 2.45) is 0 Å². The first kappa shape index (κ1) is 23.8. The van der Waals surface area contributed by atoms with E-state index >= 15 is 0 Å². The minimum absolute atomic E-state index is 0.0000139. The van der Waals surface area contributed by atoms with Crippen molar-refractivity contribution in [1.82, 2.24) is 25.3 Å². The van der Waals surface area contributed by atoms with Crippen LogP contribution < -0.4 is 10.6 Å². The van der Waals surface area contributed by atoms with E-state index in [0.29, 0.717) is 12.1 Å². The van der Waals surface area contributed by atoms with Gasteiger partial charge in [-0.2, -0.15) is 18.3 Å². The van der Waals surface area contributed by atoms with Gasteiger partial charge in [0, 0.05) is 30.9 Å². The Kier molecular flexibility index (Phi) is 6.93. The Morgan fingerprint density at radius 2 is 1.85 bits per heavy atom. The molecular weight excluding hydrogens is 447 g/mol. The number of nitrogens with zero attached hydrogens (tertiary/aromatic N) is 3. The van der Waals surface area contributed by atoms with Gasteiger partial charge in [-0.25, -0.2) is 0 Å². The third-order valence-corrected chi connectivity index (χ3v) is 6.46. The fourth-order valence-electron chi connectivity index (χ4n) is 4.58. The number of rotatable bonds is 6. The molecule has 4 rings (SSSR count). The lowest BCUT2D eigenvalue weighted by atomic mass is 9.88. The van der Waals surface area contributed by atoms with Gasteiger partial charge in [-0.3, -0.25) is 19.2 Å². The highest BCUT2D eigenvalue weighted by atomic mass is 19.4. The van der Waals surface area contributed by atoms with Crippen molar-refractivity contribution in [2.75, 3.05) is 19.6 Å². The van der Waals surface area contributed by atoms with Crippen molar-refractivity contribution in [3.8, 4) is 12.3 Å². The number of hydrogen-bond acceptors (Lipinski definition) is 4. The summed E-state index contributed by atoms with van der Waals surface area (Å²) in [4.78, 5) is 26.6. The summed E-state index contributed by atoms with van der Waals surface area (Å²) in [6.45, 7) is 1.19. The number of halogens is 3. The van der Waals surface area contributed by atoms with Crippen molar-refractivity contribution >= 4 is 11.8 Å². The van der Waals surface area contributed by atoms with Gasteiger partial charge < -0.3 is 10.6 Å². The molecule has 7 nitrogen and oxygen atoms in total. The van der Waals surface area contributed by atoms with Gasteiger partial charge in [-0.15, -0.1) is 6.42 Å². The number of carbonyl (C=O) groups excluding carboxylic acids is 2. The van der Waals surface area contributed by atoms with Crippen LogP contribution in [0.2, 0.25) is 0 Å². The molecule has 0 radical (unpaired) electrons. The summed E-state index contributed by atoms with van der Waals surface area (Å²) >= 11 is 0. The highest BCUT2D eigenvalue weighted by molar-refractivity contribution is 5.96. The van der Waals surface area contributed by atoms with Crippen LogP contribution in [0.3, 0.4) is 0 Å². The highest BCUT2D eigenvalue weighted by Gasteiger charge is 2.35. The van der Waals surface area contributed by atoms with Gasteiger partial charge in [0.15, 0.2) is 0 Å². The van der Waals surface area contributed by atoms with E-state index in [1.54, 1.807) is 6.20 Å². The van der Waals surface area contributed by atoms with E-state index in [1.165, 1.54) is 6.07 Å². The summed E-state index contributed by atoms with van der Waals surface area (Å²) < 4.78 is 40.4. The molecule has 2 N–H and O–H groups in total. The second-order valence-corrected chi connectivity index (χ2v) is 8.80. The van der Waals surface area contributed by atoms with E-state index in [2.05, 4.69) is 26.6 Å². The van der Waals surface area contributed by atoms with Gasteiger partial charge in [0.05, 0.1) is 36.0 Å². The fourth-order valence-corrected chi connectivity index (χ4v) is 4.58. The van der Waals surface area contributed by atoms with Gasteiger partial charge in [0.1, 0.15) is 0 Å². The molecule has 1 saturated carbocycles. The molecule has 1 saturated heterocycles. The van der Waals surface area contributed by atoms with Crippen molar-refractivity contribution in [2.45, 2.75) is 50.0 Å². The smallest absolute Gasteiger partial charge is 0.349 e. The molecule has 1 aromatic heterocycles. The first-order valence-corrected chi connectivity index (χ1v) is 11.2. The number of carbonyl (C=O) groups is 2. The first-order valence-electron chi connectivity index (χ1n) is 11.2. The monoisotopic (exact) mass is 473 g/mol. The zero-order chi connectivity index (χ0) is 24.3. The van der Waals surface area contributed by atoms with Crippen LogP contribution >= 0.6 is 0 Å². The lowest BCUT2D eigenvalue weighted by molar-refractivity contribution is -0.137. The third kappa shape index (κ3) is 5.59. The standard InChI is InChI=1S/C24H26F3N5O2/c1-2-16-11-29-32(13-16)21-8-6-20(7-9-21)31-14-19(15-31)30-22(33)12-28-23(34)17-4-3-5-18(10-17)24(25,26)27/h1,3-5,10-11,13,19-21H,6-9,12,14-15H2,(H,28,34)(H,30,33)/t20-,21+. The fraction of sp³-hybridized carbons (Fsp3) is 0.458. The van der Waals surface area contributed by atoms with E-state index in [1.807, 2.05) is 10.9 Å². The van der Waals surface area contributed by atoms with Crippen LogP contribution in [-0.4, -0.2) is 58.2 Å². The molecular formula is C24H26F3N5O2. The summed E-state index contributed by atoms with van der Waals surface area (Å²) in [5.41, 5.74) is -0.261. The molecule has 0 spiro atoms.